The third-order valence-electron chi connectivity index (χ3n) is 4.70. The number of hydrogen-bond donors (Lipinski definition) is 1. The van der Waals surface area contributed by atoms with Gasteiger partial charge in [0.05, 0.1) is 12.3 Å². The van der Waals surface area contributed by atoms with Crippen molar-refractivity contribution in [2.45, 2.75) is 12.8 Å². The Morgan fingerprint density at radius 3 is 2.32 bits per heavy atom. The van der Waals surface area contributed by atoms with Crippen molar-refractivity contribution in [2.75, 3.05) is 19.0 Å². The molecule has 0 aliphatic heterocycles. The maximum absolute atomic E-state index is 5.14. The van der Waals surface area contributed by atoms with Gasteiger partial charge < -0.3 is 10.1 Å². The van der Waals surface area contributed by atoms with Crippen LogP contribution in [0.15, 0.2) is 73.1 Å². The first-order chi connectivity index (χ1) is 13.8. The van der Waals surface area contributed by atoms with E-state index in [1.807, 2.05) is 24.3 Å². The highest BCUT2D eigenvalue weighted by atomic mass is 16.5. The molecule has 140 valence electrons. The van der Waals surface area contributed by atoms with Gasteiger partial charge in [-0.15, -0.1) is 5.10 Å². The van der Waals surface area contributed by atoms with Gasteiger partial charge >= 0.3 is 0 Å². The van der Waals surface area contributed by atoms with Crippen LogP contribution >= 0.6 is 0 Å². The molecule has 0 saturated heterocycles. The SMILES string of the molecule is COCCc1ccc(Nc2nnc(Cc3ccncc3)c3ccccc23)cc1. The molecule has 0 spiro atoms. The van der Waals surface area contributed by atoms with E-state index in [-0.39, 0.29) is 0 Å². The van der Waals surface area contributed by atoms with Gasteiger partial charge in [-0.2, -0.15) is 5.10 Å². The molecule has 5 nitrogen and oxygen atoms in total. The summed E-state index contributed by atoms with van der Waals surface area (Å²) in [6, 6.07) is 20.6. The third-order valence-corrected chi connectivity index (χ3v) is 4.70. The molecule has 4 aromatic rings. The molecular weight excluding hydrogens is 348 g/mol. The van der Waals surface area contributed by atoms with E-state index in [0.29, 0.717) is 0 Å². The van der Waals surface area contributed by atoms with Gasteiger partial charge in [0.1, 0.15) is 0 Å². The molecule has 0 saturated carbocycles. The molecule has 2 aromatic heterocycles. The van der Waals surface area contributed by atoms with Crippen molar-refractivity contribution in [3.63, 3.8) is 0 Å². The number of anilines is 2. The van der Waals surface area contributed by atoms with Crippen molar-refractivity contribution in [3.8, 4) is 0 Å². The predicted octanol–water partition coefficient (Wildman–Crippen LogP) is 4.55. The highest BCUT2D eigenvalue weighted by molar-refractivity contribution is 5.94. The third kappa shape index (κ3) is 4.15. The van der Waals surface area contributed by atoms with E-state index >= 15 is 0 Å². The fourth-order valence-corrected chi connectivity index (χ4v) is 3.19. The van der Waals surface area contributed by atoms with Gasteiger partial charge in [0, 0.05) is 42.4 Å². The normalized spacial score (nSPS) is 10.9. The van der Waals surface area contributed by atoms with Gasteiger partial charge in [-0.3, -0.25) is 4.98 Å². The van der Waals surface area contributed by atoms with Crippen molar-refractivity contribution in [2.24, 2.45) is 0 Å². The van der Waals surface area contributed by atoms with Crippen molar-refractivity contribution < 1.29 is 4.74 Å². The van der Waals surface area contributed by atoms with Crippen LogP contribution in [-0.2, 0) is 17.6 Å². The smallest absolute Gasteiger partial charge is 0.160 e. The highest BCUT2D eigenvalue weighted by Gasteiger charge is 2.10. The summed E-state index contributed by atoms with van der Waals surface area (Å²) in [6.45, 7) is 0.724. The lowest BCUT2D eigenvalue weighted by Crippen LogP contribution is -2.02. The Kier molecular flexibility index (Phi) is 5.54. The first-order valence-electron chi connectivity index (χ1n) is 9.31. The molecule has 2 aromatic carbocycles. The molecular formula is C23H22N4O. The van der Waals surface area contributed by atoms with Crippen molar-refractivity contribution in [3.05, 3.63) is 89.9 Å². The number of nitrogens with one attached hydrogen (secondary N) is 1. The number of ether oxygens (including phenoxy) is 1. The van der Waals surface area contributed by atoms with Crippen molar-refractivity contribution >= 4 is 22.3 Å². The number of benzene rings is 2. The van der Waals surface area contributed by atoms with Crippen molar-refractivity contribution in [1.29, 1.82) is 0 Å². The van der Waals surface area contributed by atoms with Gasteiger partial charge in [0.2, 0.25) is 0 Å². The van der Waals surface area contributed by atoms with Gasteiger partial charge in [-0.25, -0.2) is 0 Å². The van der Waals surface area contributed by atoms with Gasteiger partial charge in [-0.1, -0.05) is 36.4 Å². The molecule has 0 unspecified atom stereocenters. The molecule has 5 heteroatoms. The number of nitrogens with zero attached hydrogens (tertiary/aromatic N) is 3. The van der Waals surface area contributed by atoms with Crippen LogP contribution < -0.4 is 5.32 Å². The summed E-state index contributed by atoms with van der Waals surface area (Å²) < 4.78 is 5.14. The Morgan fingerprint density at radius 1 is 0.821 bits per heavy atom. The summed E-state index contributed by atoms with van der Waals surface area (Å²) in [5.41, 5.74) is 4.36. The van der Waals surface area contributed by atoms with E-state index < -0.39 is 0 Å². The summed E-state index contributed by atoms with van der Waals surface area (Å²) in [5.74, 6) is 0.763. The number of hydrogen-bond acceptors (Lipinski definition) is 5. The second-order valence-corrected chi connectivity index (χ2v) is 6.64. The lowest BCUT2D eigenvalue weighted by Gasteiger charge is -2.11. The fourth-order valence-electron chi connectivity index (χ4n) is 3.19. The number of aromatic nitrogens is 3. The molecule has 28 heavy (non-hydrogen) atoms. The largest absolute Gasteiger partial charge is 0.384 e. The van der Waals surface area contributed by atoms with Crippen LogP contribution in [0.2, 0.25) is 0 Å². The molecule has 0 amide bonds. The standard InChI is InChI=1S/C23H22N4O/c1-28-15-12-17-6-8-19(9-7-17)25-23-21-5-3-2-4-20(21)22(26-27-23)16-18-10-13-24-14-11-18/h2-11,13-14H,12,15-16H2,1H3,(H,25,27). The molecule has 0 bridgehead atoms. The minimum absolute atomic E-state index is 0.724. The summed E-state index contributed by atoms with van der Waals surface area (Å²) in [6.07, 6.45) is 5.24. The maximum Gasteiger partial charge on any atom is 0.160 e. The highest BCUT2D eigenvalue weighted by Crippen LogP contribution is 2.27. The molecule has 0 aliphatic rings. The van der Waals surface area contributed by atoms with Crippen molar-refractivity contribution in [1.82, 2.24) is 15.2 Å². The van der Waals surface area contributed by atoms with Gasteiger partial charge in [-0.05, 0) is 41.8 Å². The molecule has 0 fully saturated rings. The number of fused-ring (bicyclic) bond motifs is 1. The van der Waals surface area contributed by atoms with E-state index in [1.165, 1.54) is 11.1 Å². The van der Waals surface area contributed by atoms with E-state index in [1.54, 1.807) is 19.5 Å². The lowest BCUT2D eigenvalue weighted by atomic mass is 10.0. The second-order valence-electron chi connectivity index (χ2n) is 6.64. The summed E-state index contributed by atoms with van der Waals surface area (Å²) in [7, 11) is 1.72. The first kappa shape index (κ1) is 18.1. The molecule has 0 aliphatic carbocycles. The van der Waals surface area contributed by atoms with Crippen LogP contribution in [-0.4, -0.2) is 28.9 Å². The van der Waals surface area contributed by atoms with Gasteiger partial charge in [0.15, 0.2) is 5.82 Å². The molecule has 0 radical (unpaired) electrons. The Balaban J connectivity index is 1.61. The fraction of sp³-hybridized carbons (Fsp3) is 0.174. The Labute approximate surface area is 164 Å². The van der Waals surface area contributed by atoms with Crippen LogP contribution in [0.25, 0.3) is 10.8 Å². The zero-order chi connectivity index (χ0) is 19.2. The van der Waals surface area contributed by atoms with E-state index in [9.17, 15) is 0 Å². The first-order valence-corrected chi connectivity index (χ1v) is 9.31. The van der Waals surface area contributed by atoms with E-state index in [2.05, 4.69) is 56.9 Å². The zero-order valence-corrected chi connectivity index (χ0v) is 15.8. The Morgan fingerprint density at radius 2 is 1.57 bits per heavy atom. The maximum atomic E-state index is 5.14. The molecule has 2 heterocycles. The minimum atomic E-state index is 0.724. The zero-order valence-electron chi connectivity index (χ0n) is 15.8. The van der Waals surface area contributed by atoms with Crippen LogP contribution in [0.5, 0.6) is 0 Å². The lowest BCUT2D eigenvalue weighted by molar-refractivity contribution is 0.202. The van der Waals surface area contributed by atoms with Gasteiger partial charge in [0.25, 0.3) is 0 Å². The summed E-state index contributed by atoms with van der Waals surface area (Å²) in [4.78, 5) is 4.08. The average molecular weight is 370 g/mol. The second kappa shape index (κ2) is 8.59. The van der Waals surface area contributed by atoms with E-state index in [4.69, 9.17) is 4.74 Å². The predicted molar refractivity (Wildman–Crippen MR) is 112 cm³/mol. The number of methoxy groups -OCH3 is 1. The minimum Gasteiger partial charge on any atom is -0.384 e. The Hall–Kier alpha value is -3.31. The summed E-state index contributed by atoms with van der Waals surface area (Å²) in [5, 5.41) is 14.6. The van der Waals surface area contributed by atoms with Crippen LogP contribution in [0.4, 0.5) is 11.5 Å². The van der Waals surface area contributed by atoms with E-state index in [0.717, 1.165) is 47.4 Å². The van der Waals surface area contributed by atoms with Crippen LogP contribution in [0, 0.1) is 0 Å². The molecule has 1 N–H and O–H groups in total. The number of pyridine rings is 1. The monoisotopic (exact) mass is 370 g/mol. The van der Waals surface area contributed by atoms with Crippen LogP contribution in [0.3, 0.4) is 0 Å². The van der Waals surface area contributed by atoms with Crippen LogP contribution in [0.1, 0.15) is 16.8 Å². The Bertz CT molecular complexity index is 1050. The topological polar surface area (TPSA) is 59.9 Å². The quantitative estimate of drug-likeness (QED) is 0.517. The molecule has 0 atom stereocenters. The molecule has 4 rings (SSSR count). The number of rotatable bonds is 7. The summed E-state index contributed by atoms with van der Waals surface area (Å²) >= 11 is 0. The average Bonchev–Trinajstić information content (AvgIpc) is 2.76.